The molecule has 2 amide bonds. The zero-order chi connectivity index (χ0) is 21.9. The van der Waals surface area contributed by atoms with Crippen LogP contribution in [0.1, 0.15) is 17.0 Å². The average molecular weight is 405 g/mol. The fourth-order valence-electron chi connectivity index (χ4n) is 2.40. The second kappa shape index (κ2) is 11.0. The number of amides is 2. The Hall–Kier alpha value is -4.14. The van der Waals surface area contributed by atoms with E-state index in [1.54, 1.807) is 24.7 Å². The van der Waals surface area contributed by atoms with Crippen LogP contribution in [-0.4, -0.2) is 40.0 Å². The molecule has 0 radical (unpaired) electrons. The van der Waals surface area contributed by atoms with Gasteiger partial charge in [0.2, 0.25) is 12.3 Å². The summed E-state index contributed by atoms with van der Waals surface area (Å²) in [4.78, 5) is 33.9. The number of nitrogens with one attached hydrogen (secondary N) is 3. The molecular weight excluding hydrogens is 382 g/mol. The van der Waals surface area contributed by atoms with Crippen LogP contribution in [0.2, 0.25) is 0 Å². The Morgan fingerprint density at radius 1 is 1.07 bits per heavy atom. The molecule has 0 unspecified atom stereocenters. The third-order valence-corrected chi connectivity index (χ3v) is 3.91. The Kier molecular flexibility index (Phi) is 8.13. The third kappa shape index (κ3) is 6.48. The number of nitrogens with zero attached hydrogens (tertiary/aromatic N) is 3. The average Bonchev–Trinajstić information content (AvgIpc) is 2.75. The zero-order valence-electron chi connectivity index (χ0n) is 16.7. The minimum Gasteiger partial charge on any atom is -0.404 e. The van der Waals surface area contributed by atoms with E-state index in [9.17, 15) is 9.59 Å². The quantitative estimate of drug-likeness (QED) is 0.364. The van der Waals surface area contributed by atoms with Crippen LogP contribution in [0, 0.1) is 19.3 Å². The predicted molar refractivity (Wildman–Crippen MR) is 117 cm³/mol. The van der Waals surface area contributed by atoms with Gasteiger partial charge in [-0.25, -0.2) is 4.98 Å². The fourth-order valence-corrected chi connectivity index (χ4v) is 2.40. The number of hydrogen-bond acceptors (Lipinski definition) is 7. The summed E-state index contributed by atoms with van der Waals surface area (Å²) in [6.07, 6.45) is 8.15. The van der Waals surface area contributed by atoms with E-state index in [0.29, 0.717) is 17.8 Å². The first kappa shape index (κ1) is 22.2. The van der Waals surface area contributed by atoms with Crippen molar-refractivity contribution in [3.05, 3.63) is 66.0 Å². The summed E-state index contributed by atoms with van der Waals surface area (Å²) in [5, 5.41) is 13.9. The van der Waals surface area contributed by atoms with Crippen LogP contribution in [-0.2, 0) is 9.59 Å². The zero-order valence-corrected chi connectivity index (χ0v) is 16.7. The third-order valence-electron chi connectivity index (χ3n) is 3.91. The summed E-state index contributed by atoms with van der Waals surface area (Å²) in [5.41, 5.74) is 8.82. The lowest BCUT2D eigenvalue weighted by Crippen LogP contribution is -2.27. The number of aromatic nitrogens is 3. The first-order chi connectivity index (χ1) is 14.5. The number of aryl methyl sites for hydroxylation is 2. The van der Waals surface area contributed by atoms with Crippen molar-refractivity contribution in [1.82, 2.24) is 20.3 Å². The second-order valence-corrected chi connectivity index (χ2v) is 6.24. The number of nitrogens with two attached hydrogens (primary N) is 1. The van der Waals surface area contributed by atoms with E-state index in [-0.39, 0.29) is 12.5 Å². The molecule has 0 aliphatic rings. The molecule has 5 N–H and O–H groups in total. The van der Waals surface area contributed by atoms with Gasteiger partial charge in [-0.2, -0.15) is 0 Å². The van der Waals surface area contributed by atoms with Gasteiger partial charge in [-0.15, -0.1) is 0 Å². The number of hydrogen-bond donors (Lipinski definition) is 4. The van der Waals surface area contributed by atoms with Crippen molar-refractivity contribution in [2.45, 2.75) is 13.8 Å². The van der Waals surface area contributed by atoms with Gasteiger partial charge in [0.25, 0.3) is 0 Å². The van der Waals surface area contributed by atoms with Gasteiger partial charge in [-0.05, 0) is 36.9 Å². The summed E-state index contributed by atoms with van der Waals surface area (Å²) in [6, 6.07) is 7.29. The Labute approximate surface area is 174 Å². The molecule has 9 nitrogen and oxygen atoms in total. The maximum Gasteiger partial charge on any atom is 0.244 e. The van der Waals surface area contributed by atoms with E-state index < -0.39 is 0 Å². The molecular formula is C21H23N7O2. The molecule has 154 valence electrons. The van der Waals surface area contributed by atoms with Gasteiger partial charge in [0.1, 0.15) is 5.82 Å². The maximum atomic E-state index is 11.5. The number of carbonyl (C=O) groups excluding carboxylic acids is 2. The highest BCUT2D eigenvalue weighted by Crippen LogP contribution is 2.21. The SMILES string of the molecule is Cc1cnc(C)cn1.N=C/C(=C\N)c1ccc2cnc(NC(=O)CNC=O)cc2c1. The van der Waals surface area contributed by atoms with Crippen molar-refractivity contribution in [2.24, 2.45) is 5.73 Å². The number of fused-ring (bicyclic) bond motifs is 1. The summed E-state index contributed by atoms with van der Waals surface area (Å²) >= 11 is 0. The van der Waals surface area contributed by atoms with Crippen molar-refractivity contribution >= 4 is 40.7 Å². The van der Waals surface area contributed by atoms with Crippen molar-refractivity contribution < 1.29 is 9.59 Å². The lowest BCUT2D eigenvalue weighted by atomic mass is 10.0. The molecule has 3 rings (SSSR count). The van der Waals surface area contributed by atoms with Gasteiger partial charge in [0.05, 0.1) is 17.9 Å². The molecule has 0 spiro atoms. The van der Waals surface area contributed by atoms with E-state index in [2.05, 4.69) is 25.6 Å². The smallest absolute Gasteiger partial charge is 0.244 e. The maximum absolute atomic E-state index is 11.5. The molecule has 0 saturated heterocycles. The molecule has 0 saturated carbocycles. The van der Waals surface area contributed by atoms with Crippen LogP contribution in [0.5, 0.6) is 0 Å². The molecule has 30 heavy (non-hydrogen) atoms. The predicted octanol–water partition coefficient (Wildman–Crippen LogP) is 1.96. The monoisotopic (exact) mass is 405 g/mol. The van der Waals surface area contributed by atoms with Gasteiger partial charge < -0.3 is 21.8 Å². The molecule has 0 bridgehead atoms. The van der Waals surface area contributed by atoms with Crippen molar-refractivity contribution in [2.75, 3.05) is 11.9 Å². The van der Waals surface area contributed by atoms with E-state index >= 15 is 0 Å². The van der Waals surface area contributed by atoms with Crippen LogP contribution < -0.4 is 16.4 Å². The number of pyridine rings is 1. The largest absolute Gasteiger partial charge is 0.404 e. The number of benzene rings is 1. The molecule has 0 atom stereocenters. The summed E-state index contributed by atoms with van der Waals surface area (Å²) in [7, 11) is 0. The lowest BCUT2D eigenvalue weighted by molar-refractivity contribution is -0.118. The molecule has 2 aromatic heterocycles. The number of rotatable bonds is 6. The van der Waals surface area contributed by atoms with Crippen molar-refractivity contribution in [3.63, 3.8) is 0 Å². The van der Waals surface area contributed by atoms with Crippen LogP contribution in [0.4, 0.5) is 5.82 Å². The number of allylic oxidation sites excluding steroid dienone is 1. The summed E-state index contributed by atoms with van der Waals surface area (Å²) in [5.74, 6) is 0.0209. The van der Waals surface area contributed by atoms with Crippen LogP contribution >= 0.6 is 0 Å². The topological polar surface area (TPSA) is 147 Å². The standard InChI is InChI=1S/C15H15N5O2.C6H8N2/c16-5-13(6-17)10-1-2-11-7-19-14(4-12(11)3-10)20-15(22)8-18-9-21;1-5-3-8-6(2)4-7-5/h1-7,9,16H,8,17H2,(H,18,21)(H,19,20,22);3-4H,1-2H3/b13-6+,16-5?;. The first-order valence-electron chi connectivity index (χ1n) is 9.01. The lowest BCUT2D eigenvalue weighted by Gasteiger charge is -2.07. The van der Waals surface area contributed by atoms with Gasteiger partial charge in [0.15, 0.2) is 0 Å². The first-order valence-corrected chi connectivity index (χ1v) is 9.01. The molecule has 3 aromatic rings. The Morgan fingerprint density at radius 3 is 2.33 bits per heavy atom. The van der Waals surface area contributed by atoms with Crippen LogP contribution in [0.25, 0.3) is 16.3 Å². The highest BCUT2D eigenvalue weighted by Gasteiger charge is 2.05. The van der Waals surface area contributed by atoms with Gasteiger partial charge in [-0.3, -0.25) is 19.6 Å². The molecule has 1 aromatic carbocycles. The second-order valence-electron chi connectivity index (χ2n) is 6.24. The highest BCUT2D eigenvalue weighted by atomic mass is 16.2. The highest BCUT2D eigenvalue weighted by molar-refractivity contribution is 6.09. The van der Waals surface area contributed by atoms with Crippen LogP contribution in [0.15, 0.2) is 49.1 Å². The Balaban J connectivity index is 0.000000335. The molecule has 0 aliphatic carbocycles. The van der Waals surface area contributed by atoms with Gasteiger partial charge >= 0.3 is 0 Å². The summed E-state index contributed by atoms with van der Waals surface area (Å²) < 4.78 is 0. The van der Waals surface area contributed by atoms with Gasteiger partial charge in [-0.1, -0.05) is 12.1 Å². The van der Waals surface area contributed by atoms with Crippen molar-refractivity contribution in [1.29, 1.82) is 5.41 Å². The molecule has 9 heteroatoms. The molecule has 0 aliphatic heterocycles. The molecule has 2 heterocycles. The van der Waals surface area contributed by atoms with E-state index in [0.717, 1.165) is 27.7 Å². The Morgan fingerprint density at radius 2 is 1.77 bits per heavy atom. The number of carbonyl (C=O) groups is 2. The minimum atomic E-state index is -0.364. The van der Waals surface area contributed by atoms with E-state index in [4.69, 9.17) is 11.1 Å². The van der Waals surface area contributed by atoms with Gasteiger partial charge in [0, 0.05) is 42.0 Å². The van der Waals surface area contributed by atoms with E-state index in [1.165, 1.54) is 12.4 Å². The minimum absolute atomic E-state index is 0.114. The summed E-state index contributed by atoms with van der Waals surface area (Å²) in [6.45, 7) is 3.73. The Bertz CT molecular complexity index is 1040. The fraction of sp³-hybridized carbons (Fsp3) is 0.143. The van der Waals surface area contributed by atoms with Crippen LogP contribution in [0.3, 0.4) is 0 Å². The molecule has 0 fully saturated rings. The number of anilines is 1. The van der Waals surface area contributed by atoms with Crippen molar-refractivity contribution in [3.8, 4) is 0 Å². The van der Waals surface area contributed by atoms with E-state index in [1.807, 2.05) is 32.0 Å². The normalized spacial score (nSPS) is 10.5.